The molecule has 4 aromatic rings. The minimum absolute atomic E-state index is 0.224. The van der Waals surface area contributed by atoms with E-state index in [-0.39, 0.29) is 18.1 Å². The number of carbonyl (C=O) groups excluding carboxylic acids is 1. The molecule has 9 nitrogen and oxygen atoms in total. The van der Waals surface area contributed by atoms with Crippen molar-refractivity contribution in [2.75, 3.05) is 0 Å². The van der Waals surface area contributed by atoms with E-state index in [0.29, 0.717) is 17.3 Å². The highest BCUT2D eigenvalue weighted by molar-refractivity contribution is 6.30. The third kappa shape index (κ3) is 3.52. The molecule has 0 spiro atoms. The van der Waals surface area contributed by atoms with Gasteiger partial charge in [-0.3, -0.25) is 4.79 Å². The number of halogens is 1. The molecule has 0 aromatic carbocycles. The van der Waals surface area contributed by atoms with E-state index in [1.165, 1.54) is 0 Å². The zero-order chi connectivity index (χ0) is 19.7. The molecule has 0 aliphatic carbocycles. The Bertz CT molecular complexity index is 1170. The third-order valence-corrected chi connectivity index (χ3v) is 4.49. The number of fused-ring (bicyclic) bond motifs is 1. The Labute approximate surface area is 165 Å². The van der Waals surface area contributed by atoms with Crippen molar-refractivity contribution in [1.29, 1.82) is 0 Å². The summed E-state index contributed by atoms with van der Waals surface area (Å²) in [5.74, 6) is 0.498. The van der Waals surface area contributed by atoms with Gasteiger partial charge in [-0.25, -0.2) is 14.6 Å². The van der Waals surface area contributed by atoms with E-state index in [0.717, 1.165) is 17.0 Å². The van der Waals surface area contributed by atoms with Gasteiger partial charge in [-0.05, 0) is 19.1 Å². The van der Waals surface area contributed by atoms with Crippen LogP contribution >= 0.6 is 11.6 Å². The zero-order valence-electron chi connectivity index (χ0n) is 15.1. The molecular formula is C18H17ClN8O. The first kappa shape index (κ1) is 17.9. The number of hydrogen-bond acceptors (Lipinski definition) is 5. The summed E-state index contributed by atoms with van der Waals surface area (Å²) in [4.78, 5) is 21.1. The quantitative estimate of drug-likeness (QED) is 0.539. The number of aromatic nitrogens is 7. The second-order valence-corrected chi connectivity index (χ2v) is 6.62. The summed E-state index contributed by atoms with van der Waals surface area (Å²) in [6.45, 7) is 6.28. The van der Waals surface area contributed by atoms with Gasteiger partial charge in [-0.15, -0.1) is 5.10 Å². The molecule has 0 saturated carbocycles. The molecule has 0 unspecified atom stereocenters. The molecule has 0 atom stereocenters. The number of hydrogen-bond donors (Lipinski definition) is 1. The van der Waals surface area contributed by atoms with Gasteiger partial charge in [0.2, 0.25) is 0 Å². The largest absolute Gasteiger partial charge is 0.345 e. The maximum absolute atomic E-state index is 12.4. The minimum Gasteiger partial charge on any atom is -0.345 e. The Hall–Kier alpha value is -3.46. The topological polar surface area (TPSA) is 94.9 Å². The van der Waals surface area contributed by atoms with Crippen LogP contribution in [0.2, 0.25) is 5.02 Å². The van der Waals surface area contributed by atoms with E-state index in [1.54, 1.807) is 35.5 Å². The van der Waals surface area contributed by atoms with Crippen molar-refractivity contribution >= 4 is 29.2 Å². The van der Waals surface area contributed by atoms with Crippen LogP contribution in [-0.2, 0) is 13.1 Å². The van der Waals surface area contributed by atoms with Gasteiger partial charge in [0.25, 0.3) is 5.91 Å². The predicted molar refractivity (Wildman–Crippen MR) is 104 cm³/mol. The van der Waals surface area contributed by atoms with Crippen molar-refractivity contribution in [3.8, 4) is 0 Å². The first-order chi connectivity index (χ1) is 13.5. The first-order valence-corrected chi connectivity index (χ1v) is 8.87. The number of aryl methyl sites for hydroxylation is 1. The molecule has 0 bridgehead atoms. The average molecular weight is 397 g/mol. The van der Waals surface area contributed by atoms with Crippen molar-refractivity contribution in [3.63, 3.8) is 0 Å². The highest BCUT2D eigenvalue weighted by Gasteiger charge is 2.13. The van der Waals surface area contributed by atoms with Gasteiger partial charge in [0.15, 0.2) is 5.69 Å². The van der Waals surface area contributed by atoms with E-state index in [2.05, 4.69) is 32.2 Å². The average Bonchev–Trinajstić information content (AvgIpc) is 3.38. The second kappa shape index (κ2) is 7.28. The molecule has 0 saturated heterocycles. The maximum Gasteiger partial charge on any atom is 0.273 e. The summed E-state index contributed by atoms with van der Waals surface area (Å²) in [6, 6.07) is 3.58. The number of amides is 1. The van der Waals surface area contributed by atoms with Gasteiger partial charge < -0.3 is 14.3 Å². The van der Waals surface area contributed by atoms with E-state index >= 15 is 0 Å². The van der Waals surface area contributed by atoms with Crippen LogP contribution in [0.4, 0.5) is 0 Å². The zero-order valence-corrected chi connectivity index (χ0v) is 15.8. The lowest BCUT2D eigenvalue weighted by Crippen LogP contribution is -2.23. The predicted octanol–water partition coefficient (Wildman–Crippen LogP) is 2.16. The Balaban J connectivity index is 1.42. The van der Waals surface area contributed by atoms with Crippen LogP contribution < -0.4 is 5.32 Å². The van der Waals surface area contributed by atoms with Crippen molar-refractivity contribution in [3.05, 3.63) is 71.6 Å². The number of imidazole rings is 2. The van der Waals surface area contributed by atoms with Crippen molar-refractivity contribution in [2.45, 2.75) is 20.0 Å². The molecule has 0 aliphatic rings. The smallest absolute Gasteiger partial charge is 0.273 e. The fourth-order valence-corrected chi connectivity index (χ4v) is 3.02. The van der Waals surface area contributed by atoms with Crippen LogP contribution in [0.25, 0.3) is 11.7 Å². The van der Waals surface area contributed by atoms with Crippen molar-refractivity contribution in [2.24, 2.45) is 0 Å². The molecule has 4 rings (SSSR count). The van der Waals surface area contributed by atoms with E-state index in [9.17, 15) is 4.79 Å². The SMILES string of the molecule is C=Cn1cc(Cn2cc(C(=O)NCc3ncn4ccc(Cl)cc34)nn2)nc1C. The van der Waals surface area contributed by atoms with Crippen molar-refractivity contribution in [1.82, 2.24) is 39.2 Å². The molecule has 4 aromatic heterocycles. The summed E-state index contributed by atoms with van der Waals surface area (Å²) < 4.78 is 5.23. The maximum atomic E-state index is 12.4. The van der Waals surface area contributed by atoms with E-state index in [1.807, 2.05) is 28.3 Å². The van der Waals surface area contributed by atoms with Crippen LogP contribution in [-0.4, -0.2) is 39.8 Å². The van der Waals surface area contributed by atoms with E-state index in [4.69, 9.17) is 11.6 Å². The van der Waals surface area contributed by atoms with Gasteiger partial charge in [-0.2, -0.15) is 0 Å². The van der Waals surface area contributed by atoms with Gasteiger partial charge in [0, 0.05) is 23.6 Å². The molecule has 142 valence electrons. The van der Waals surface area contributed by atoms with Gasteiger partial charge in [0.05, 0.1) is 42.5 Å². The summed E-state index contributed by atoms with van der Waals surface area (Å²) in [7, 11) is 0. The molecule has 1 amide bonds. The monoisotopic (exact) mass is 396 g/mol. The second-order valence-electron chi connectivity index (χ2n) is 6.18. The normalized spacial score (nSPS) is 11.1. The Morgan fingerprint density at radius 2 is 2.25 bits per heavy atom. The highest BCUT2D eigenvalue weighted by atomic mass is 35.5. The molecular weight excluding hydrogens is 380 g/mol. The summed E-state index contributed by atoms with van der Waals surface area (Å²) >= 11 is 6.03. The molecule has 10 heteroatoms. The fourth-order valence-electron chi connectivity index (χ4n) is 2.86. The molecule has 28 heavy (non-hydrogen) atoms. The summed E-state index contributed by atoms with van der Waals surface area (Å²) in [5, 5.41) is 11.3. The van der Waals surface area contributed by atoms with Crippen molar-refractivity contribution < 1.29 is 4.79 Å². The standard InChI is InChI=1S/C18H17ClN8O/c1-3-25-8-14(22-12(25)2)9-27-10-16(23-24-27)18(28)20-7-15-17-6-13(19)4-5-26(17)11-21-15/h3-6,8,10-11H,1,7,9H2,2H3,(H,20,28). The van der Waals surface area contributed by atoms with Crippen LogP contribution in [0, 0.1) is 6.92 Å². The lowest BCUT2D eigenvalue weighted by molar-refractivity contribution is 0.0945. The van der Waals surface area contributed by atoms with Gasteiger partial charge in [-0.1, -0.05) is 23.4 Å². The minimum atomic E-state index is -0.331. The van der Waals surface area contributed by atoms with Crippen LogP contribution in [0.15, 0.2) is 43.6 Å². The number of nitrogens with zero attached hydrogens (tertiary/aromatic N) is 7. The number of rotatable bonds is 6. The number of nitrogens with one attached hydrogen (secondary N) is 1. The number of pyridine rings is 1. The highest BCUT2D eigenvalue weighted by Crippen LogP contribution is 2.15. The molecule has 0 radical (unpaired) electrons. The Morgan fingerprint density at radius 3 is 3.04 bits per heavy atom. The molecule has 1 N–H and O–H groups in total. The third-order valence-electron chi connectivity index (χ3n) is 4.26. The lowest BCUT2D eigenvalue weighted by atomic mass is 10.3. The Kier molecular flexibility index (Phi) is 4.66. The number of carbonyl (C=O) groups is 1. The Morgan fingerprint density at radius 1 is 1.39 bits per heavy atom. The van der Waals surface area contributed by atoms with Crippen LogP contribution in [0.3, 0.4) is 0 Å². The summed E-state index contributed by atoms with van der Waals surface area (Å²) in [5.41, 5.74) is 2.58. The molecule has 4 heterocycles. The molecule has 0 aliphatic heterocycles. The molecule has 0 fully saturated rings. The van der Waals surface area contributed by atoms with Gasteiger partial charge >= 0.3 is 0 Å². The first-order valence-electron chi connectivity index (χ1n) is 8.50. The lowest BCUT2D eigenvalue weighted by Gasteiger charge is -2.01. The van der Waals surface area contributed by atoms with Crippen LogP contribution in [0.5, 0.6) is 0 Å². The fraction of sp³-hybridized carbons (Fsp3) is 0.167. The van der Waals surface area contributed by atoms with E-state index < -0.39 is 0 Å². The summed E-state index contributed by atoms with van der Waals surface area (Å²) in [6.07, 6.45) is 8.61. The van der Waals surface area contributed by atoms with Gasteiger partial charge in [0.1, 0.15) is 5.82 Å². The van der Waals surface area contributed by atoms with Crippen LogP contribution in [0.1, 0.15) is 27.7 Å².